The molecular formula is C33H35F9N2OS. The van der Waals surface area contributed by atoms with E-state index in [2.05, 4.69) is 24.7 Å². The minimum Gasteiger partial charge on any atom is -0.488 e. The van der Waals surface area contributed by atoms with Gasteiger partial charge in [-0.2, -0.15) is 22.0 Å². The van der Waals surface area contributed by atoms with Crippen LogP contribution < -0.4 is 10.5 Å². The third-order valence-corrected chi connectivity index (χ3v) is 6.52. The smallest absolute Gasteiger partial charge is 0.432 e. The van der Waals surface area contributed by atoms with Gasteiger partial charge >= 0.3 is 18.5 Å². The summed E-state index contributed by atoms with van der Waals surface area (Å²) >= 11 is 1.04. The van der Waals surface area contributed by atoms with Crippen LogP contribution in [0.15, 0.2) is 97.2 Å². The number of nitrogens with two attached hydrogens (primary N) is 1. The number of benzene rings is 3. The molecule has 0 saturated carbocycles. The molecule has 0 fully saturated rings. The van der Waals surface area contributed by atoms with Gasteiger partial charge in [-0.05, 0) is 73.0 Å². The quantitative estimate of drug-likeness (QED) is 0.101. The number of hydrogen-bond acceptors (Lipinski definition) is 3. The van der Waals surface area contributed by atoms with Crippen LogP contribution in [0.5, 0.6) is 5.75 Å². The normalized spacial score (nSPS) is 12.5. The molecule has 252 valence electrons. The minimum absolute atomic E-state index is 0.0369. The van der Waals surface area contributed by atoms with E-state index in [0.717, 1.165) is 29.5 Å². The standard InChI is InChI=1S/C25H22F6O.C6H9F3N2S.C2H4/c1-15(2)32-23-13-17(8-9-22(23)27)21(10-16-6-4-3-5-7-16)18-11-19(14-20(26)12-18)25(30,31)24(28)29;1-3-12-5(10)11-4(2)6(7,8)9;1-2/h3-9,11-15,21,24H,10H2,1-2H3;2-3H2,1H3,(H2,10,11);1-2H2/t21-;;/m1../s1. The molecular weight excluding hydrogens is 643 g/mol. The Morgan fingerprint density at radius 3 is 2.04 bits per heavy atom. The van der Waals surface area contributed by atoms with Gasteiger partial charge in [0, 0.05) is 11.5 Å². The van der Waals surface area contributed by atoms with Crippen LogP contribution in [0.4, 0.5) is 39.5 Å². The minimum atomic E-state index is -4.51. The molecule has 3 aromatic carbocycles. The van der Waals surface area contributed by atoms with Gasteiger partial charge in [-0.1, -0.05) is 61.7 Å². The second-order valence-electron chi connectivity index (χ2n) is 9.62. The van der Waals surface area contributed by atoms with Crippen LogP contribution in [-0.2, 0) is 12.3 Å². The number of thioether (sulfide) groups is 1. The summed E-state index contributed by atoms with van der Waals surface area (Å²) in [5.41, 5.74) is 4.21. The fourth-order valence-corrected chi connectivity index (χ4v) is 4.34. The van der Waals surface area contributed by atoms with Crippen LogP contribution in [0.2, 0.25) is 0 Å². The Hall–Kier alpha value is -3.87. The van der Waals surface area contributed by atoms with Gasteiger partial charge in [-0.3, -0.25) is 0 Å². The highest BCUT2D eigenvalue weighted by atomic mass is 32.2. The number of amidine groups is 1. The lowest BCUT2D eigenvalue weighted by atomic mass is 9.84. The van der Waals surface area contributed by atoms with E-state index in [0.29, 0.717) is 17.4 Å². The molecule has 0 amide bonds. The summed E-state index contributed by atoms with van der Waals surface area (Å²) in [5, 5.41) is -0.111. The number of nitrogens with zero attached hydrogens (tertiary/aromatic N) is 1. The predicted molar refractivity (Wildman–Crippen MR) is 167 cm³/mol. The summed E-state index contributed by atoms with van der Waals surface area (Å²) in [4.78, 5) is 3.08. The van der Waals surface area contributed by atoms with Crippen LogP contribution in [0, 0.1) is 11.6 Å². The molecule has 0 radical (unpaired) electrons. The van der Waals surface area contributed by atoms with Gasteiger partial charge < -0.3 is 10.5 Å². The zero-order valence-corrected chi connectivity index (χ0v) is 26.2. The van der Waals surface area contributed by atoms with Crippen LogP contribution in [0.25, 0.3) is 0 Å². The van der Waals surface area contributed by atoms with E-state index >= 15 is 0 Å². The average Bonchev–Trinajstić information content (AvgIpc) is 2.98. The summed E-state index contributed by atoms with van der Waals surface area (Å²) in [6, 6.07) is 15.4. The number of allylic oxidation sites excluding steroid dienone is 1. The van der Waals surface area contributed by atoms with E-state index in [4.69, 9.17) is 10.5 Å². The first-order valence-electron chi connectivity index (χ1n) is 13.7. The van der Waals surface area contributed by atoms with E-state index < -0.39 is 47.3 Å². The Bertz CT molecular complexity index is 1430. The number of hydrogen-bond donors (Lipinski definition) is 1. The highest BCUT2D eigenvalue weighted by Crippen LogP contribution is 2.39. The second-order valence-corrected chi connectivity index (χ2v) is 10.9. The third kappa shape index (κ3) is 12.5. The van der Waals surface area contributed by atoms with Crippen molar-refractivity contribution in [1.29, 1.82) is 0 Å². The SMILES string of the molecule is C=C.C=C(N=C(N)SCC)C(F)(F)F.CC(C)Oc1cc([C@@H](Cc2ccccc2)c2cc(F)cc(C(F)(F)C(F)F)c2)ccc1F. The van der Waals surface area contributed by atoms with Gasteiger partial charge in [0.2, 0.25) is 0 Å². The summed E-state index contributed by atoms with van der Waals surface area (Å²) in [7, 11) is 0. The third-order valence-electron chi connectivity index (χ3n) is 5.85. The van der Waals surface area contributed by atoms with E-state index in [1.165, 1.54) is 18.2 Å². The molecule has 0 aliphatic heterocycles. The zero-order valence-electron chi connectivity index (χ0n) is 25.4. The fourth-order valence-electron chi connectivity index (χ4n) is 3.87. The van der Waals surface area contributed by atoms with E-state index in [1.807, 2.05) is 0 Å². The van der Waals surface area contributed by atoms with Crippen molar-refractivity contribution in [3.05, 3.63) is 126 Å². The second kappa shape index (κ2) is 18.3. The van der Waals surface area contributed by atoms with Gasteiger partial charge in [0.05, 0.1) is 6.10 Å². The topological polar surface area (TPSA) is 47.6 Å². The molecule has 3 rings (SSSR count). The van der Waals surface area contributed by atoms with Crippen molar-refractivity contribution >= 4 is 16.9 Å². The van der Waals surface area contributed by atoms with Crippen LogP contribution in [0.3, 0.4) is 0 Å². The van der Waals surface area contributed by atoms with Crippen molar-refractivity contribution in [2.75, 3.05) is 5.75 Å². The number of halogens is 9. The van der Waals surface area contributed by atoms with Crippen LogP contribution in [-0.4, -0.2) is 29.6 Å². The van der Waals surface area contributed by atoms with E-state index in [-0.39, 0.29) is 29.0 Å². The molecule has 0 aliphatic carbocycles. The molecule has 0 unspecified atom stereocenters. The lowest BCUT2D eigenvalue weighted by molar-refractivity contribution is -0.135. The molecule has 3 nitrogen and oxygen atoms in total. The van der Waals surface area contributed by atoms with Crippen molar-refractivity contribution in [3.8, 4) is 5.75 Å². The van der Waals surface area contributed by atoms with Crippen LogP contribution in [0.1, 0.15) is 48.9 Å². The number of ether oxygens (including phenoxy) is 1. The van der Waals surface area contributed by atoms with Gasteiger partial charge in [-0.25, -0.2) is 22.6 Å². The Labute approximate surface area is 267 Å². The largest absolute Gasteiger partial charge is 0.488 e. The van der Waals surface area contributed by atoms with E-state index in [1.54, 1.807) is 51.1 Å². The molecule has 0 bridgehead atoms. The maximum atomic E-state index is 14.3. The highest BCUT2D eigenvalue weighted by Gasteiger charge is 2.43. The molecule has 0 aliphatic rings. The Balaban J connectivity index is 0.000000638. The molecule has 0 saturated heterocycles. The summed E-state index contributed by atoms with van der Waals surface area (Å²) in [5.74, 6) is -6.34. The maximum Gasteiger partial charge on any atom is 0.432 e. The lowest BCUT2D eigenvalue weighted by Gasteiger charge is -2.23. The first-order chi connectivity index (χ1) is 21.4. The highest BCUT2D eigenvalue weighted by molar-refractivity contribution is 8.13. The van der Waals surface area contributed by atoms with Crippen molar-refractivity contribution in [2.24, 2.45) is 10.7 Å². The Morgan fingerprint density at radius 1 is 0.913 bits per heavy atom. The van der Waals surface area contributed by atoms with E-state index in [9.17, 15) is 39.5 Å². The van der Waals surface area contributed by atoms with Crippen molar-refractivity contribution in [2.45, 2.75) is 57.7 Å². The monoisotopic (exact) mass is 678 g/mol. The van der Waals surface area contributed by atoms with Crippen molar-refractivity contribution < 1.29 is 44.3 Å². The molecule has 0 aromatic heterocycles. The first kappa shape index (κ1) is 40.2. The molecule has 3 aromatic rings. The maximum absolute atomic E-state index is 14.3. The average molecular weight is 679 g/mol. The van der Waals surface area contributed by atoms with Crippen molar-refractivity contribution in [1.82, 2.24) is 0 Å². The van der Waals surface area contributed by atoms with Crippen molar-refractivity contribution in [3.63, 3.8) is 0 Å². The molecule has 0 spiro atoms. The molecule has 46 heavy (non-hydrogen) atoms. The lowest BCUT2D eigenvalue weighted by Crippen LogP contribution is -2.24. The summed E-state index contributed by atoms with van der Waals surface area (Å²) in [6.45, 7) is 14.0. The van der Waals surface area contributed by atoms with Gasteiger partial charge in [-0.15, -0.1) is 13.2 Å². The molecule has 13 heteroatoms. The number of rotatable bonds is 10. The predicted octanol–water partition coefficient (Wildman–Crippen LogP) is 10.4. The summed E-state index contributed by atoms with van der Waals surface area (Å²) in [6.07, 6.45) is -8.55. The van der Waals surface area contributed by atoms with Gasteiger partial charge in [0.1, 0.15) is 11.5 Å². The van der Waals surface area contributed by atoms with Crippen LogP contribution >= 0.6 is 11.8 Å². The fraction of sp³-hybridized carbons (Fsp3) is 0.303. The first-order valence-corrected chi connectivity index (χ1v) is 14.6. The van der Waals surface area contributed by atoms with Gasteiger partial charge in [0.25, 0.3) is 0 Å². The summed E-state index contributed by atoms with van der Waals surface area (Å²) < 4.78 is 123. The Morgan fingerprint density at radius 2 is 1.52 bits per heavy atom. The number of aliphatic imine (C=N–C) groups is 1. The zero-order chi connectivity index (χ0) is 35.2. The molecule has 2 N–H and O–H groups in total. The molecule has 1 atom stereocenters. The number of alkyl halides is 7. The Kier molecular flexibility index (Phi) is 16.0. The van der Waals surface area contributed by atoms with Gasteiger partial charge in [0.15, 0.2) is 16.7 Å². The molecule has 0 heterocycles.